The highest BCUT2D eigenvalue weighted by Gasteiger charge is 2.47. The second kappa shape index (κ2) is 5.80. The molecule has 0 saturated heterocycles. The van der Waals surface area contributed by atoms with Gasteiger partial charge in [0.2, 0.25) is 5.91 Å². The summed E-state index contributed by atoms with van der Waals surface area (Å²) in [5, 5.41) is 0. The highest BCUT2D eigenvalue weighted by molar-refractivity contribution is 5.89. The highest BCUT2D eigenvalue weighted by atomic mass is 16.3. The van der Waals surface area contributed by atoms with E-state index >= 15 is 0 Å². The minimum Gasteiger partial charge on any atom is -0.464 e. The number of likely N-dealkylation sites (N-methyl/N-ethyl adjacent to an activating group) is 1. The van der Waals surface area contributed by atoms with Gasteiger partial charge in [0.1, 0.15) is 11.5 Å². The fourth-order valence-electron chi connectivity index (χ4n) is 3.98. The van der Waals surface area contributed by atoms with E-state index in [1.165, 1.54) is 6.42 Å². The smallest absolute Gasteiger partial charge is 0.233 e. The maximum absolute atomic E-state index is 13.1. The molecular formula is C21H25NO2. The van der Waals surface area contributed by atoms with E-state index in [2.05, 4.69) is 25.1 Å². The zero-order valence-corrected chi connectivity index (χ0v) is 14.5. The summed E-state index contributed by atoms with van der Waals surface area (Å²) in [5.74, 6) is 3.52. The maximum atomic E-state index is 13.1. The Morgan fingerprint density at radius 3 is 2.50 bits per heavy atom. The van der Waals surface area contributed by atoms with Crippen molar-refractivity contribution in [3.05, 3.63) is 59.5 Å². The Labute approximate surface area is 143 Å². The Balaban J connectivity index is 1.48. The van der Waals surface area contributed by atoms with Crippen LogP contribution in [0.15, 0.2) is 46.9 Å². The van der Waals surface area contributed by atoms with Gasteiger partial charge in [0.05, 0.1) is 12.0 Å². The molecule has 2 fully saturated rings. The number of carbonyl (C=O) groups is 1. The lowest BCUT2D eigenvalue weighted by Gasteiger charge is -2.43. The SMILES string of the molecule is C[C@H]1C[C@@H]1c1ccc(CN(C)C(=O)C2(c3ccccc3)CCC2)o1. The molecule has 1 aromatic heterocycles. The first kappa shape index (κ1) is 15.5. The van der Waals surface area contributed by atoms with Crippen LogP contribution in [-0.4, -0.2) is 17.9 Å². The molecule has 2 aliphatic rings. The van der Waals surface area contributed by atoms with Crippen molar-refractivity contribution in [3.63, 3.8) is 0 Å². The lowest BCUT2D eigenvalue weighted by molar-refractivity contribution is -0.140. The van der Waals surface area contributed by atoms with E-state index in [0.717, 1.165) is 42.3 Å². The largest absolute Gasteiger partial charge is 0.464 e. The molecule has 126 valence electrons. The van der Waals surface area contributed by atoms with Gasteiger partial charge in [-0.15, -0.1) is 0 Å². The quantitative estimate of drug-likeness (QED) is 0.812. The van der Waals surface area contributed by atoms with E-state index in [-0.39, 0.29) is 11.3 Å². The number of benzene rings is 1. The summed E-state index contributed by atoms with van der Waals surface area (Å²) in [6, 6.07) is 14.3. The Bertz CT molecular complexity index is 729. The van der Waals surface area contributed by atoms with Crippen molar-refractivity contribution in [1.29, 1.82) is 0 Å². The molecule has 3 nitrogen and oxygen atoms in total. The molecule has 3 heteroatoms. The van der Waals surface area contributed by atoms with Gasteiger partial charge in [0.15, 0.2) is 0 Å². The number of hydrogen-bond acceptors (Lipinski definition) is 2. The summed E-state index contributed by atoms with van der Waals surface area (Å²) in [5.41, 5.74) is 0.830. The van der Waals surface area contributed by atoms with Gasteiger partial charge in [-0.05, 0) is 42.9 Å². The average Bonchev–Trinajstić information content (AvgIpc) is 3.09. The Morgan fingerprint density at radius 2 is 1.92 bits per heavy atom. The van der Waals surface area contributed by atoms with Crippen molar-refractivity contribution in [2.75, 3.05) is 7.05 Å². The summed E-state index contributed by atoms with van der Waals surface area (Å²) in [6.07, 6.45) is 4.24. The molecule has 0 bridgehead atoms. The van der Waals surface area contributed by atoms with Gasteiger partial charge in [0.25, 0.3) is 0 Å². The van der Waals surface area contributed by atoms with E-state index in [1.54, 1.807) is 0 Å². The molecule has 0 radical (unpaired) electrons. The zero-order valence-electron chi connectivity index (χ0n) is 14.5. The van der Waals surface area contributed by atoms with E-state index in [4.69, 9.17) is 4.42 Å². The Kier molecular flexibility index (Phi) is 3.75. The first-order valence-electron chi connectivity index (χ1n) is 9.00. The first-order chi connectivity index (χ1) is 11.6. The first-order valence-corrected chi connectivity index (χ1v) is 9.00. The Morgan fingerprint density at radius 1 is 1.21 bits per heavy atom. The van der Waals surface area contributed by atoms with Crippen LogP contribution in [0.4, 0.5) is 0 Å². The van der Waals surface area contributed by atoms with Crippen LogP contribution in [-0.2, 0) is 16.8 Å². The van der Waals surface area contributed by atoms with Crippen LogP contribution in [0.3, 0.4) is 0 Å². The van der Waals surface area contributed by atoms with E-state index in [9.17, 15) is 4.79 Å². The molecule has 2 aliphatic carbocycles. The molecule has 2 saturated carbocycles. The van der Waals surface area contributed by atoms with Crippen molar-refractivity contribution in [1.82, 2.24) is 4.90 Å². The maximum Gasteiger partial charge on any atom is 0.233 e. The second-order valence-corrected chi connectivity index (χ2v) is 7.59. The third kappa shape index (κ3) is 2.56. The summed E-state index contributed by atoms with van der Waals surface area (Å²) in [4.78, 5) is 15.0. The monoisotopic (exact) mass is 323 g/mol. The fourth-order valence-corrected chi connectivity index (χ4v) is 3.98. The van der Waals surface area contributed by atoms with Crippen LogP contribution in [0.2, 0.25) is 0 Å². The van der Waals surface area contributed by atoms with Gasteiger partial charge in [-0.2, -0.15) is 0 Å². The molecule has 1 heterocycles. The molecule has 0 unspecified atom stereocenters. The average molecular weight is 323 g/mol. The lowest BCUT2D eigenvalue weighted by Crippen LogP contribution is -2.49. The third-order valence-corrected chi connectivity index (χ3v) is 5.84. The minimum atomic E-state index is -0.323. The van der Waals surface area contributed by atoms with Gasteiger partial charge in [0, 0.05) is 13.0 Å². The standard InChI is InChI=1S/C21H25NO2/c1-15-13-18(15)19-10-9-17(24-19)14-22(2)20(23)21(11-6-12-21)16-7-4-3-5-8-16/h3-5,7-10,15,18H,6,11-14H2,1-2H3/t15-,18-/m0/s1. The van der Waals surface area contributed by atoms with E-state index in [1.807, 2.05) is 36.2 Å². The highest BCUT2D eigenvalue weighted by Crippen LogP contribution is 2.48. The molecule has 2 atom stereocenters. The summed E-state index contributed by atoms with van der Waals surface area (Å²) < 4.78 is 5.97. The van der Waals surface area contributed by atoms with Crippen LogP contribution in [0.5, 0.6) is 0 Å². The van der Waals surface area contributed by atoms with Crippen LogP contribution >= 0.6 is 0 Å². The number of hydrogen-bond donors (Lipinski definition) is 0. The van der Waals surface area contributed by atoms with Crippen LogP contribution < -0.4 is 0 Å². The van der Waals surface area contributed by atoms with Gasteiger partial charge >= 0.3 is 0 Å². The van der Waals surface area contributed by atoms with E-state index < -0.39 is 0 Å². The fraction of sp³-hybridized carbons (Fsp3) is 0.476. The predicted molar refractivity (Wildman–Crippen MR) is 93.7 cm³/mol. The van der Waals surface area contributed by atoms with Crippen molar-refractivity contribution in [2.45, 2.75) is 50.5 Å². The molecule has 1 aromatic carbocycles. The summed E-state index contributed by atoms with van der Waals surface area (Å²) in [7, 11) is 1.90. The van der Waals surface area contributed by atoms with Crippen molar-refractivity contribution < 1.29 is 9.21 Å². The lowest BCUT2D eigenvalue weighted by atomic mass is 9.63. The topological polar surface area (TPSA) is 33.5 Å². The summed E-state index contributed by atoms with van der Waals surface area (Å²) >= 11 is 0. The molecular weight excluding hydrogens is 298 g/mol. The van der Waals surface area contributed by atoms with Gasteiger partial charge in [-0.3, -0.25) is 4.79 Å². The Hall–Kier alpha value is -2.03. The molecule has 0 aliphatic heterocycles. The van der Waals surface area contributed by atoms with Crippen LogP contribution in [0, 0.1) is 5.92 Å². The summed E-state index contributed by atoms with van der Waals surface area (Å²) in [6.45, 7) is 2.80. The number of furan rings is 1. The number of rotatable bonds is 5. The minimum absolute atomic E-state index is 0.220. The van der Waals surface area contributed by atoms with E-state index in [0.29, 0.717) is 12.5 Å². The predicted octanol–water partition coefficient (Wildman–Crippen LogP) is 4.48. The molecule has 0 spiro atoms. The molecule has 24 heavy (non-hydrogen) atoms. The molecule has 1 amide bonds. The molecule has 2 aromatic rings. The molecule has 4 rings (SSSR count). The third-order valence-electron chi connectivity index (χ3n) is 5.84. The van der Waals surface area contributed by atoms with Crippen LogP contribution in [0.25, 0.3) is 0 Å². The van der Waals surface area contributed by atoms with Crippen molar-refractivity contribution in [2.24, 2.45) is 5.92 Å². The molecule has 0 N–H and O–H groups in total. The van der Waals surface area contributed by atoms with Gasteiger partial charge in [-0.1, -0.05) is 43.7 Å². The van der Waals surface area contributed by atoms with Gasteiger partial charge in [-0.25, -0.2) is 0 Å². The van der Waals surface area contributed by atoms with Crippen molar-refractivity contribution in [3.8, 4) is 0 Å². The van der Waals surface area contributed by atoms with Gasteiger partial charge < -0.3 is 9.32 Å². The van der Waals surface area contributed by atoms with Crippen LogP contribution in [0.1, 0.15) is 55.6 Å². The number of amides is 1. The number of carbonyl (C=O) groups excluding carboxylic acids is 1. The second-order valence-electron chi connectivity index (χ2n) is 7.59. The number of nitrogens with zero attached hydrogens (tertiary/aromatic N) is 1. The zero-order chi connectivity index (χ0) is 16.7. The normalized spacial score (nSPS) is 24.2. The van der Waals surface area contributed by atoms with Crippen molar-refractivity contribution >= 4 is 5.91 Å².